The van der Waals surface area contributed by atoms with E-state index in [1.54, 1.807) is 0 Å². The van der Waals surface area contributed by atoms with Crippen LogP contribution >= 0.6 is 0 Å². The molecule has 0 aromatic rings. The molecule has 1 saturated heterocycles. The van der Waals surface area contributed by atoms with Gasteiger partial charge in [-0.3, -0.25) is 4.90 Å². The highest BCUT2D eigenvalue weighted by atomic mass is 16.3. The predicted molar refractivity (Wildman–Crippen MR) is 62.8 cm³/mol. The quantitative estimate of drug-likeness (QED) is 0.719. The number of rotatable bonds is 1. The Balaban J connectivity index is 1.93. The summed E-state index contributed by atoms with van der Waals surface area (Å²) >= 11 is 0. The molecule has 2 aliphatic rings. The molecule has 2 nitrogen and oxygen atoms in total. The van der Waals surface area contributed by atoms with Crippen LogP contribution in [0.25, 0.3) is 0 Å². The third-order valence-electron chi connectivity index (χ3n) is 4.15. The summed E-state index contributed by atoms with van der Waals surface area (Å²) in [5, 5.41) is 9.99. The summed E-state index contributed by atoms with van der Waals surface area (Å²) in [5.74, 6) is 1.73. The second-order valence-electron chi connectivity index (χ2n) is 6.29. The number of likely N-dealkylation sites (tertiary alicyclic amines) is 1. The van der Waals surface area contributed by atoms with Gasteiger partial charge in [0.2, 0.25) is 0 Å². The van der Waals surface area contributed by atoms with E-state index in [1.807, 2.05) is 6.92 Å². The number of hydrogen-bond donors (Lipinski definition) is 1. The molecule has 1 saturated carbocycles. The normalized spacial score (nSPS) is 48.4. The lowest BCUT2D eigenvalue weighted by molar-refractivity contribution is 0.0510. The first kappa shape index (κ1) is 11.4. The summed E-state index contributed by atoms with van der Waals surface area (Å²) in [7, 11) is 0. The predicted octanol–water partition coefficient (Wildman–Crippen LogP) is 2.27. The summed E-state index contributed by atoms with van der Waals surface area (Å²) in [6, 6.07) is 0.734. The van der Waals surface area contributed by atoms with Crippen molar-refractivity contribution >= 4 is 0 Å². The molecule has 1 aliphatic heterocycles. The van der Waals surface area contributed by atoms with Crippen molar-refractivity contribution in [1.82, 2.24) is 4.90 Å². The third kappa shape index (κ3) is 2.73. The Hall–Kier alpha value is -0.0800. The lowest BCUT2D eigenvalue weighted by atomic mass is 9.80. The van der Waals surface area contributed by atoms with Crippen LogP contribution in [0.15, 0.2) is 0 Å². The Kier molecular flexibility index (Phi) is 3.09. The molecule has 3 atom stereocenters. The highest BCUT2D eigenvalue weighted by molar-refractivity contribution is 4.91. The van der Waals surface area contributed by atoms with Crippen molar-refractivity contribution in [1.29, 1.82) is 0 Å². The van der Waals surface area contributed by atoms with Gasteiger partial charge in [-0.25, -0.2) is 0 Å². The van der Waals surface area contributed by atoms with Crippen molar-refractivity contribution in [3.05, 3.63) is 0 Å². The first-order valence-electron chi connectivity index (χ1n) is 6.43. The van der Waals surface area contributed by atoms with Crippen LogP contribution in [0.3, 0.4) is 0 Å². The highest BCUT2D eigenvalue weighted by Crippen LogP contribution is 2.34. The van der Waals surface area contributed by atoms with E-state index in [9.17, 15) is 5.11 Å². The second-order valence-corrected chi connectivity index (χ2v) is 6.29. The van der Waals surface area contributed by atoms with E-state index in [1.165, 1.54) is 19.3 Å². The van der Waals surface area contributed by atoms with Crippen LogP contribution in [-0.4, -0.2) is 34.7 Å². The first-order valence-corrected chi connectivity index (χ1v) is 6.43. The molecule has 2 fully saturated rings. The summed E-state index contributed by atoms with van der Waals surface area (Å²) in [4.78, 5) is 2.52. The Labute approximate surface area is 93.7 Å². The second kappa shape index (κ2) is 4.06. The Morgan fingerprint density at radius 3 is 2.20 bits per heavy atom. The van der Waals surface area contributed by atoms with Gasteiger partial charge < -0.3 is 5.11 Å². The topological polar surface area (TPSA) is 23.5 Å². The zero-order chi connectivity index (χ0) is 11.1. The van der Waals surface area contributed by atoms with E-state index >= 15 is 0 Å². The third-order valence-corrected chi connectivity index (χ3v) is 4.15. The molecule has 1 N–H and O–H groups in total. The van der Waals surface area contributed by atoms with Gasteiger partial charge in [-0.1, -0.05) is 13.8 Å². The molecule has 3 unspecified atom stereocenters. The number of aliphatic hydroxyl groups is 1. The highest BCUT2D eigenvalue weighted by Gasteiger charge is 2.37. The minimum Gasteiger partial charge on any atom is -0.389 e. The minimum atomic E-state index is -0.427. The SMILES string of the molecule is CC1CC(C)CC(N2CCC(C)(O)C2)C1. The molecule has 1 heterocycles. The zero-order valence-corrected chi connectivity index (χ0v) is 10.4. The standard InChI is InChI=1S/C13H25NO/c1-10-6-11(2)8-12(7-10)14-5-4-13(3,15)9-14/h10-12,15H,4-9H2,1-3H3. The van der Waals surface area contributed by atoms with Crippen molar-refractivity contribution in [3.8, 4) is 0 Å². The van der Waals surface area contributed by atoms with Crippen molar-refractivity contribution in [2.45, 2.75) is 58.1 Å². The van der Waals surface area contributed by atoms with E-state index in [4.69, 9.17) is 0 Å². The van der Waals surface area contributed by atoms with Crippen molar-refractivity contribution in [2.24, 2.45) is 11.8 Å². The number of hydrogen-bond acceptors (Lipinski definition) is 2. The van der Waals surface area contributed by atoms with E-state index in [0.29, 0.717) is 0 Å². The van der Waals surface area contributed by atoms with Crippen LogP contribution in [0.2, 0.25) is 0 Å². The van der Waals surface area contributed by atoms with Crippen molar-refractivity contribution in [2.75, 3.05) is 13.1 Å². The van der Waals surface area contributed by atoms with Crippen LogP contribution in [0.4, 0.5) is 0 Å². The number of β-amino-alcohol motifs (C(OH)–C–C–N with tert-alkyl or cyclic N) is 1. The molecule has 1 aliphatic carbocycles. The van der Waals surface area contributed by atoms with Crippen LogP contribution in [0.5, 0.6) is 0 Å². The van der Waals surface area contributed by atoms with E-state index in [2.05, 4.69) is 18.7 Å². The van der Waals surface area contributed by atoms with Gasteiger partial charge in [0.05, 0.1) is 5.60 Å². The molecule has 2 rings (SSSR count). The maximum absolute atomic E-state index is 9.99. The van der Waals surface area contributed by atoms with Gasteiger partial charge in [-0.15, -0.1) is 0 Å². The zero-order valence-electron chi connectivity index (χ0n) is 10.4. The molecule has 0 spiro atoms. The van der Waals surface area contributed by atoms with Gasteiger partial charge in [0.25, 0.3) is 0 Å². The van der Waals surface area contributed by atoms with Crippen molar-refractivity contribution < 1.29 is 5.11 Å². The fourth-order valence-electron chi connectivity index (χ4n) is 3.49. The lowest BCUT2D eigenvalue weighted by Gasteiger charge is -2.37. The average molecular weight is 211 g/mol. The Morgan fingerprint density at radius 1 is 1.13 bits per heavy atom. The monoisotopic (exact) mass is 211 g/mol. The van der Waals surface area contributed by atoms with E-state index < -0.39 is 5.60 Å². The van der Waals surface area contributed by atoms with Crippen LogP contribution < -0.4 is 0 Å². The molecule has 15 heavy (non-hydrogen) atoms. The maximum atomic E-state index is 9.99. The van der Waals surface area contributed by atoms with Gasteiger partial charge in [-0.2, -0.15) is 0 Å². The largest absolute Gasteiger partial charge is 0.389 e. The summed E-state index contributed by atoms with van der Waals surface area (Å²) in [5.41, 5.74) is -0.427. The van der Waals surface area contributed by atoms with Crippen molar-refractivity contribution in [3.63, 3.8) is 0 Å². The molecule has 0 radical (unpaired) electrons. The van der Waals surface area contributed by atoms with Gasteiger partial charge in [-0.05, 0) is 44.4 Å². The fraction of sp³-hybridized carbons (Fsp3) is 1.00. The van der Waals surface area contributed by atoms with Crippen LogP contribution in [-0.2, 0) is 0 Å². The van der Waals surface area contributed by atoms with Gasteiger partial charge in [0.15, 0.2) is 0 Å². The van der Waals surface area contributed by atoms with Crippen LogP contribution in [0.1, 0.15) is 46.5 Å². The fourth-order valence-corrected chi connectivity index (χ4v) is 3.49. The van der Waals surface area contributed by atoms with Gasteiger partial charge >= 0.3 is 0 Å². The molecule has 0 amide bonds. The van der Waals surface area contributed by atoms with Crippen LogP contribution in [0, 0.1) is 11.8 Å². The summed E-state index contributed by atoms with van der Waals surface area (Å²) < 4.78 is 0. The van der Waals surface area contributed by atoms with Gasteiger partial charge in [0, 0.05) is 19.1 Å². The molecular weight excluding hydrogens is 186 g/mol. The Bertz CT molecular complexity index is 217. The summed E-state index contributed by atoms with van der Waals surface area (Å²) in [6.45, 7) is 8.70. The molecule has 2 heteroatoms. The van der Waals surface area contributed by atoms with E-state index in [0.717, 1.165) is 37.4 Å². The number of nitrogens with zero attached hydrogens (tertiary/aromatic N) is 1. The first-order chi connectivity index (χ1) is 6.96. The molecular formula is C13H25NO. The smallest absolute Gasteiger partial charge is 0.0758 e. The van der Waals surface area contributed by atoms with Gasteiger partial charge in [0.1, 0.15) is 0 Å². The lowest BCUT2D eigenvalue weighted by Crippen LogP contribution is -2.41. The molecule has 88 valence electrons. The van der Waals surface area contributed by atoms with E-state index in [-0.39, 0.29) is 0 Å². The maximum Gasteiger partial charge on any atom is 0.0758 e. The molecule has 0 aromatic carbocycles. The minimum absolute atomic E-state index is 0.427. The Morgan fingerprint density at radius 2 is 1.73 bits per heavy atom. The summed E-state index contributed by atoms with van der Waals surface area (Å²) in [6.07, 6.45) is 5.01. The average Bonchev–Trinajstić information content (AvgIpc) is 2.44. The molecule has 0 bridgehead atoms. The molecule has 0 aromatic heterocycles.